The summed E-state index contributed by atoms with van der Waals surface area (Å²) >= 11 is 0. The number of rotatable bonds is 0. The maximum Gasteiger partial charge on any atom is 0 e. The third-order valence-electron chi connectivity index (χ3n) is 0.607. The maximum atomic E-state index is 2.89. The molecule has 4 N–H and O–H groups in total. The van der Waals surface area contributed by atoms with Crippen LogP contribution in [0.3, 0.4) is 0 Å². The standard InChI is InChI=1S/C6H5.3H2O.Sb/c1-2-4-6-5-3-1;;;;/h1-5H;3*1H2;/p-2. The summed E-state index contributed by atoms with van der Waals surface area (Å²) in [6.07, 6.45) is 0. The van der Waals surface area contributed by atoms with Crippen LogP contribution in [0.2, 0.25) is 0 Å². The quantitative estimate of drug-likeness (QED) is 0.603. The van der Waals surface area contributed by atoms with Crippen LogP contribution in [0.15, 0.2) is 30.3 Å². The Balaban J connectivity index is -0.0000000450. The summed E-state index contributed by atoms with van der Waals surface area (Å²) in [5.41, 5.74) is 0. The van der Waals surface area contributed by atoms with Gasteiger partial charge in [0.05, 0.1) is 0 Å². The Morgan fingerprint density at radius 3 is 1.30 bits per heavy atom. The summed E-state index contributed by atoms with van der Waals surface area (Å²) in [7, 11) is 0. The monoisotopic (exact) mass is 250 g/mol. The second-order valence-corrected chi connectivity index (χ2v) is 1.08. The van der Waals surface area contributed by atoms with Crippen LogP contribution < -0.4 is 0 Å². The van der Waals surface area contributed by atoms with Gasteiger partial charge in [-0.05, 0) is 6.07 Å². The number of hydrogen-bond donors (Lipinski definition) is 0. The summed E-state index contributed by atoms with van der Waals surface area (Å²) in [4.78, 5) is 0. The summed E-state index contributed by atoms with van der Waals surface area (Å²) < 4.78 is 0. The molecule has 0 fully saturated rings. The van der Waals surface area contributed by atoms with Crippen LogP contribution in [-0.4, -0.2) is 40.9 Å². The van der Waals surface area contributed by atoms with E-state index in [9.17, 15) is 0 Å². The second kappa shape index (κ2) is 16.0. The molecule has 0 aromatic heterocycles. The SMILES string of the molecule is O.[OH-].[OH-].[Sb].[c]1ccccc1. The molecule has 58 valence electrons. The van der Waals surface area contributed by atoms with Crippen molar-refractivity contribution in [3.63, 3.8) is 0 Å². The molecule has 1 aromatic rings. The van der Waals surface area contributed by atoms with Crippen molar-refractivity contribution in [2.75, 3.05) is 0 Å². The minimum absolute atomic E-state index is 0. The zero-order valence-corrected chi connectivity index (χ0v) is 7.78. The van der Waals surface area contributed by atoms with Gasteiger partial charge in [0, 0.05) is 24.4 Å². The molecule has 0 saturated heterocycles. The Morgan fingerprint density at radius 2 is 1.20 bits per heavy atom. The fraction of sp³-hybridized carbons (Fsp3) is 0. The normalized spacial score (nSPS) is 4.80. The van der Waals surface area contributed by atoms with E-state index in [1.54, 1.807) is 0 Å². The van der Waals surface area contributed by atoms with Crippen molar-refractivity contribution < 1.29 is 16.4 Å². The van der Waals surface area contributed by atoms with Crippen LogP contribution in [0.5, 0.6) is 0 Å². The molecular weight excluding hydrogens is 242 g/mol. The van der Waals surface area contributed by atoms with Crippen LogP contribution in [0.1, 0.15) is 0 Å². The molecular formula is C6H9O3Sb-2. The minimum Gasteiger partial charge on any atom is -0.870 e. The smallest absolute Gasteiger partial charge is 0 e. The largest absolute Gasteiger partial charge is 0.870 e. The molecule has 1 rings (SSSR count). The summed E-state index contributed by atoms with van der Waals surface area (Å²) in [6, 6.07) is 12.5. The van der Waals surface area contributed by atoms with Crippen molar-refractivity contribution in [3.8, 4) is 0 Å². The van der Waals surface area contributed by atoms with Crippen molar-refractivity contribution in [2.45, 2.75) is 0 Å². The van der Waals surface area contributed by atoms with Gasteiger partial charge < -0.3 is 16.4 Å². The van der Waals surface area contributed by atoms with Crippen LogP contribution in [0.4, 0.5) is 0 Å². The van der Waals surface area contributed by atoms with E-state index in [4.69, 9.17) is 0 Å². The van der Waals surface area contributed by atoms with Crippen molar-refractivity contribution in [3.05, 3.63) is 36.4 Å². The first-order valence-corrected chi connectivity index (χ1v) is 1.91. The summed E-state index contributed by atoms with van der Waals surface area (Å²) in [6.45, 7) is 0. The van der Waals surface area contributed by atoms with Crippen LogP contribution in [0, 0.1) is 6.07 Å². The summed E-state index contributed by atoms with van der Waals surface area (Å²) in [5, 5.41) is 0. The molecule has 0 aliphatic heterocycles. The molecule has 3 nitrogen and oxygen atoms in total. The Morgan fingerprint density at radius 1 is 0.800 bits per heavy atom. The van der Waals surface area contributed by atoms with E-state index < -0.39 is 0 Å². The van der Waals surface area contributed by atoms with Crippen LogP contribution in [0.25, 0.3) is 0 Å². The van der Waals surface area contributed by atoms with E-state index in [0.717, 1.165) is 0 Å². The average Bonchev–Trinajstić information content (AvgIpc) is 1.72. The van der Waals surface area contributed by atoms with Gasteiger partial charge in [-0.1, -0.05) is 30.3 Å². The Bertz CT molecular complexity index is 84.9. The van der Waals surface area contributed by atoms with E-state index in [0.29, 0.717) is 0 Å². The topological polar surface area (TPSA) is 91.5 Å². The summed E-state index contributed by atoms with van der Waals surface area (Å²) in [5.74, 6) is 0. The molecule has 0 bridgehead atoms. The molecule has 1 aromatic carbocycles. The zero-order chi connectivity index (χ0) is 4.24. The predicted octanol–water partition coefficient (Wildman–Crippen LogP) is -0.0723. The second-order valence-electron chi connectivity index (χ2n) is 1.08. The molecule has 0 aliphatic carbocycles. The van der Waals surface area contributed by atoms with Crippen LogP contribution >= 0.6 is 0 Å². The van der Waals surface area contributed by atoms with Gasteiger partial charge in [-0.3, -0.25) is 0 Å². The minimum atomic E-state index is 0. The number of benzene rings is 1. The molecule has 0 atom stereocenters. The predicted molar refractivity (Wildman–Crippen MR) is 38.5 cm³/mol. The fourth-order valence-corrected chi connectivity index (χ4v) is 0.342. The van der Waals surface area contributed by atoms with Crippen molar-refractivity contribution >= 4 is 24.4 Å². The van der Waals surface area contributed by atoms with E-state index >= 15 is 0 Å². The van der Waals surface area contributed by atoms with Gasteiger partial charge in [0.15, 0.2) is 0 Å². The third-order valence-corrected chi connectivity index (χ3v) is 0.607. The van der Waals surface area contributed by atoms with Gasteiger partial charge >= 0.3 is 0 Å². The van der Waals surface area contributed by atoms with Gasteiger partial charge in [0.25, 0.3) is 0 Å². The van der Waals surface area contributed by atoms with Gasteiger partial charge in [-0.25, -0.2) is 0 Å². The van der Waals surface area contributed by atoms with E-state index in [1.165, 1.54) is 0 Å². The Hall–Kier alpha value is -0.0818. The molecule has 4 heteroatoms. The first kappa shape index (κ1) is 22.5. The molecule has 0 amide bonds. The molecule has 0 saturated carbocycles. The van der Waals surface area contributed by atoms with E-state index in [2.05, 4.69) is 6.07 Å². The van der Waals surface area contributed by atoms with Gasteiger partial charge in [0.2, 0.25) is 0 Å². The Labute approximate surface area is 77.4 Å². The van der Waals surface area contributed by atoms with E-state index in [-0.39, 0.29) is 40.9 Å². The molecule has 0 heterocycles. The molecule has 0 aliphatic rings. The fourth-order valence-electron chi connectivity index (χ4n) is 0.342. The zero-order valence-electron chi connectivity index (χ0n) is 5.23. The Kier molecular flexibility index (Phi) is 36.0. The first-order chi connectivity index (χ1) is 3.00. The van der Waals surface area contributed by atoms with Crippen molar-refractivity contribution in [2.24, 2.45) is 0 Å². The average molecular weight is 251 g/mol. The molecule has 0 spiro atoms. The molecule has 0 unspecified atom stereocenters. The van der Waals surface area contributed by atoms with Gasteiger partial charge in [-0.15, -0.1) is 0 Å². The third kappa shape index (κ3) is 10.8. The van der Waals surface area contributed by atoms with Crippen LogP contribution in [-0.2, 0) is 0 Å². The first-order valence-electron chi connectivity index (χ1n) is 1.91. The molecule has 10 heavy (non-hydrogen) atoms. The van der Waals surface area contributed by atoms with E-state index in [1.807, 2.05) is 30.3 Å². The van der Waals surface area contributed by atoms with Gasteiger partial charge in [0.1, 0.15) is 0 Å². The van der Waals surface area contributed by atoms with Crippen molar-refractivity contribution in [1.29, 1.82) is 0 Å². The van der Waals surface area contributed by atoms with Gasteiger partial charge in [-0.2, -0.15) is 0 Å². The number of hydrogen-bond acceptors (Lipinski definition) is 2. The molecule has 4 radical (unpaired) electrons. The maximum absolute atomic E-state index is 2.89. The van der Waals surface area contributed by atoms with Crippen molar-refractivity contribution in [1.82, 2.24) is 0 Å².